The molecule has 1 atom stereocenters. The molecule has 0 spiro atoms. The number of hydrogen-bond acceptors (Lipinski definition) is 3. The third-order valence-electron chi connectivity index (χ3n) is 2.54. The monoisotopic (exact) mass is 286 g/mol. The minimum absolute atomic E-state index is 0.773. The van der Waals surface area contributed by atoms with Gasteiger partial charge in [-0.15, -0.1) is 0 Å². The largest absolute Gasteiger partial charge is 0.399 e. The molecule has 0 bridgehead atoms. The number of hydrogen-bond donors (Lipinski definition) is 2. The molecule has 2 rings (SSSR count). The highest BCUT2D eigenvalue weighted by atomic mass is 79.9. The molecule has 15 heavy (non-hydrogen) atoms. The van der Waals surface area contributed by atoms with Crippen LogP contribution in [0.1, 0.15) is 12.8 Å². The predicted octanol–water partition coefficient (Wildman–Crippen LogP) is 3.34. The van der Waals surface area contributed by atoms with E-state index in [0.717, 1.165) is 27.6 Å². The van der Waals surface area contributed by atoms with Crippen molar-refractivity contribution in [3.8, 4) is 0 Å². The number of nitrogens with one attached hydrogen (secondary N) is 1. The van der Waals surface area contributed by atoms with Gasteiger partial charge in [-0.1, -0.05) is 0 Å². The van der Waals surface area contributed by atoms with Crippen LogP contribution in [-0.2, 0) is 0 Å². The fourth-order valence-corrected chi connectivity index (χ4v) is 3.44. The summed E-state index contributed by atoms with van der Waals surface area (Å²) in [6.45, 7) is 1.05. The van der Waals surface area contributed by atoms with Crippen LogP contribution < -0.4 is 11.1 Å². The molecule has 0 aliphatic carbocycles. The molecule has 1 aliphatic rings. The van der Waals surface area contributed by atoms with Gasteiger partial charge >= 0.3 is 0 Å². The van der Waals surface area contributed by atoms with Crippen molar-refractivity contribution in [3.63, 3.8) is 0 Å². The lowest BCUT2D eigenvalue weighted by Crippen LogP contribution is -2.13. The van der Waals surface area contributed by atoms with Gasteiger partial charge in [-0.2, -0.15) is 11.8 Å². The highest BCUT2D eigenvalue weighted by Gasteiger charge is 2.15. The number of anilines is 2. The highest BCUT2D eigenvalue weighted by Crippen LogP contribution is 2.28. The Balaban J connectivity index is 1.92. The van der Waals surface area contributed by atoms with Crippen molar-refractivity contribution in [1.82, 2.24) is 0 Å². The topological polar surface area (TPSA) is 38.0 Å². The van der Waals surface area contributed by atoms with Gasteiger partial charge in [-0.25, -0.2) is 0 Å². The summed E-state index contributed by atoms with van der Waals surface area (Å²) in [6, 6.07) is 5.89. The Morgan fingerprint density at radius 3 is 3.07 bits per heavy atom. The van der Waals surface area contributed by atoms with Crippen LogP contribution in [0.2, 0.25) is 0 Å². The first-order chi connectivity index (χ1) is 7.25. The maximum Gasteiger partial charge on any atom is 0.0486 e. The Hall–Kier alpha value is -0.350. The molecule has 1 aromatic carbocycles. The summed E-state index contributed by atoms with van der Waals surface area (Å²) in [5.41, 5.74) is 7.61. The van der Waals surface area contributed by atoms with Gasteiger partial charge in [-0.05, 0) is 52.7 Å². The standard InChI is InChI=1S/C11H15BrN2S/c12-10-6-8(13)3-4-11(10)14-7-9-2-1-5-15-9/h3-4,6,9,14H,1-2,5,7,13H2. The summed E-state index contributed by atoms with van der Waals surface area (Å²) >= 11 is 5.58. The van der Waals surface area contributed by atoms with Crippen LogP contribution in [0.15, 0.2) is 22.7 Å². The second-order valence-electron chi connectivity index (χ2n) is 3.76. The summed E-state index contributed by atoms with van der Waals surface area (Å²) in [4.78, 5) is 0. The number of nitrogen functional groups attached to an aromatic ring is 1. The quantitative estimate of drug-likeness (QED) is 0.837. The first kappa shape index (κ1) is 11.1. The summed E-state index contributed by atoms with van der Waals surface area (Å²) < 4.78 is 1.05. The van der Waals surface area contributed by atoms with Crippen LogP contribution in [0.5, 0.6) is 0 Å². The maximum absolute atomic E-state index is 5.68. The van der Waals surface area contributed by atoms with Crippen LogP contribution in [0.25, 0.3) is 0 Å². The van der Waals surface area contributed by atoms with E-state index in [-0.39, 0.29) is 0 Å². The van der Waals surface area contributed by atoms with E-state index >= 15 is 0 Å². The Bertz CT molecular complexity index is 337. The van der Waals surface area contributed by atoms with Gasteiger partial charge < -0.3 is 11.1 Å². The van der Waals surface area contributed by atoms with Crippen molar-refractivity contribution in [2.75, 3.05) is 23.3 Å². The number of rotatable bonds is 3. The SMILES string of the molecule is Nc1ccc(NCC2CCCS2)c(Br)c1. The maximum atomic E-state index is 5.68. The molecule has 1 fully saturated rings. The molecule has 82 valence electrons. The van der Waals surface area contributed by atoms with E-state index in [0.29, 0.717) is 0 Å². The van der Waals surface area contributed by atoms with E-state index in [1.165, 1.54) is 18.6 Å². The Morgan fingerprint density at radius 1 is 1.53 bits per heavy atom. The number of benzene rings is 1. The second kappa shape index (κ2) is 5.12. The average molecular weight is 287 g/mol. The molecule has 1 saturated heterocycles. The van der Waals surface area contributed by atoms with Crippen molar-refractivity contribution in [2.24, 2.45) is 0 Å². The molecule has 1 unspecified atom stereocenters. The van der Waals surface area contributed by atoms with E-state index < -0.39 is 0 Å². The van der Waals surface area contributed by atoms with Crippen LogP contribution >= 0.6 is 27.7 Å². The van der Waals surface area contributed by atoms with E-state index in [2.05, 4.69) is 33.0 Å². The van der Waals surface area contributed by atoms with Crippen molar-refractivity contribution in [3.05, 3.63) is 22.7 Å². The summed E-state index contributed by atoms with van der Waals surface area (Å²) in [7, 11) is 0. The highest BCUT2D eigenvalue weighted by molar-refractivity contribution is 9.10. The Labute approximate surface area is 103 Å². The fraction of sp³-hybridized carbons (Fsp3) is 0.455. The lowest BCUT2D eigenvalue weighted by molar-refractivity contribution is 0.805. The van der Waals surface area contributed by atoms with E-state index in [4.69, 9.17) is 5.73 Å². The minimum Gasteiger partial charge on any atom is -0.399 e. The normalized spacial score (nSPS) is 20.5. The minimum atomic E-state index is 0.773. The number of nitrogens with two attached hydrogens (primary N) is 1. The predicted molar refractivity (Wildman–Crippen MR) is 72.5 cm³/mol. The Morgan fingerprint density at radius 2 is 2.40 bits per heavy atom. The van der Waals surface area contributed by atoms with Gasteiger partial charge in [0.1, 0.15) is 0 Å². The molecule has 3 N–H and O–H groups in total. The molecular weight excluding hydrogens is 272 g/mol. The molecular formula is C11H15BrN2S. The summed E-state index contributed by atoms with van der Waals surface area (Å²) in [5, 5.41) is 4.23. The van der Waals surface area contributed by atoms with Crippen LogP contribution in [0.4, 0.5) is 11.4 Å². The van der Waals surface area contributed by atoms with Crippen molar-refractivity contribution >= 4 is 39.1 Å². The van der Waals surface area contributed by atoms with Gasteiger partial charge in [0.15, 0.2) is 0 Å². The van der Waals surface area contributed by atoms with Gasteiger partial charge in [0.25, 0.3) is 0 Å². The zero-order valence-electron chi connectivity index (χ0n) is 8.50. The van der Waals surface area contributed by atoms with Crippen LogP contribution in [0, 0.1) is 0 Å². The molecule has 1 aromatic rings. The lowest BCUT2D eigenvalue weighted by atomic mass is 10.2. The zero-order chi connectivity index (χ0) is 10.7. The molecule has 1 heterocycles. The lowest BCUT2D eigenvalue weighted by Gasteiger charge is -2.12. The fourth-order valence-electron chi connectivity index (χ4n) is 1.70. The summed E-state index contributed by atoms with van der Waals surface area (Å²) in [5.74, 6) is 1.31. The molecule has 1 aliphatic heterocycles. The number of halogens is 1. The molecule has 4 heteroatoms. The molecule has 2 nitrogen and oxygen atoms in total. The van der Waals surface area contributed by atoms with Crippen molar-refractivity contribution < 1.29 is 0 Å². The first-order valence-corrected chi connectivity index (χ1v) is 7.00. The molecule has 0 aromatic heterocycles. The number of thioether (sulfide) groups is 1. The molecule has 0 amide bonds. The first-order valence-electron chi connectivity index (χ1n) is 5.16. The Kier molecular flexibility index (Phi) is 3.81. The smallest absolute Gasteiger partial charge is 0.0486 e. The van der Waals surface area contributed by atoms with Gasteiger partial charge in [0.05, 0.1) is 0 Å². The average Bonchev–Trinajstić information content (AvgIpc) is 2.69. The van der Waals surface area contributed by atoms with Gasteiger partial charge in [0, 0.05) is 27.6 Å². The third kappa shape index (κ3) is 3.05. The van der Waals surface area contributed by atoms with Gasteiger partial charge in [0.2, 0.25) is 0 Å². The van der Waals surface area contributed by atoms with E-state index in [9.17, 15) is 0 Å². The van der Waals surface area contributed by atoms with Crippen LogP contribution in [-0.4, -0.2) is 17.5 Å². The van der Waals surface area contributed by atoms with Crippen molar-refractivity contribution in [1.29, 1.82) is 0 Å². The van der Waals surface area contributed by atoms with E-state index in [1.54, 1.807) is 0 Å². The van der Waals surface area contributed by atoms with Crippen LogP contribution in [0.3, 0.4) is 0 Å². The van der Waals surface area contributed by atoms with Crippen molar-refractivity contribution in [2.45, 2.75) is 18.1 Å². The second-order valence-corrected chi connectivity index (χ2v) is 6.02. The molecule has 0 saturated carbocycles. The third-order valence-corrected chi connectivity index (χ3v) is 4.59. The summed E-state index contributed by atoms with van der Waals surface area (Å²) in [6.07, 6.45) is 2.70. The molecule has 0 radical (unpaired) electrons. The van der Waals surface area contributed by atoms with Gasteiger partial charge in [-0.3, -0.25) is 0 Å². The zero-order valence-corrected chi connectivity index (χ0v) is 10.9. The van der Waals surface area contributed by atoms with E-state index in [1.807, 2.05) is 18.2 Å².